The zero-order valence-corrected chi connectivity index (χ0v) is 11.0. The molecular formula is C12H8BrClFNO. The van der Waals surface area contributed by atoms with Crippen molar-refractivity contribution >= 4 is 27.5 Å². The van der Waals surface area contributed by atoms with Gasteiger partial charge in [0.25, 0.3) is 5.56 Å². The molecule has 0 amide bonds. The van der Waals surface area contributed by atoms with Crippen LogP contribution in [0.4, 0.5) is 4.39 Å². The first kappa shape index (κ1) is 12.3. The maximum atomic E-state index is 12.9. The maximum Gasteiger partial charge on any atom is 0.265 e. The van der Waals surface area contributed by atoms with Crippen molar-refractivity contribution in [1.82, 2.24) is 4.57 Å². The molecule has 2 aromatic rings. The van der Waals surface area contributed by atoms with E-state index in [-0.39, 0.29) is 11.4 Å². The van der Waals surface area contributed by atoms with Crippen LogP contribution in [-0.4, -0.2) is 4.57 Å². The third-order valence-electron chi connectivity index (χ3n) is 2.33. The van der Waals surface area contributed by atoms with Crippen LogP contribution in [0.3, 0.4) is 0 Å². The SMILES string of the molecule is O=c1c(Br)cccn1Cc1ccc(F)cc1Cl. The van der Waals surface area contributed by atoms with E-state index in [1.165, 1.54) is 16.7 Å². The lowest BCUT2D eigenvalue weighted by Gasteiger charge is -2.07. The lowest BCUT2D eigenvalue weighted by molar-refractivity contribution is 0.626. The predicted octanol–water partition coefficient (Wildman–Crippen LogP) is 3.45. The summed E-state index contributed by atoms with van der Waals surface area (Å²) in [5.74, 6) is -0.389. The average Bonchev–Trinajstić information content (AvgIpc) is 2.28. The molecule has 0 fully saturated rings. The number of rotatable bonds is 2. The molecule has 0 radical (unpaired) electrons. The molecule has 2 nitrogen and oxygen atoms in total. The lowest BCUT2D eigenvalue weighted by atomic mass is 10.2. The highest BCUT2D eigenvalue weighted by Gasteiger charge is 2.05. The van der Waals surface area contributed by atoms with Gasteiger partial charge >= 0.3 is 0 Å². The third-order valence-corrected chi connectivity index (χ3v) is 3.28. The van der Waals surface area contributed by atoms with Gasteiger partial charge in [0.1, 0.15) is 5.82 Å². The minimum absolute atomic E-state index is 0.145. The standard InChI is InChI=1S/C12H8BrClFNO/c13-10-2-1-5-16(12(10)17)7-8-3-4-9(15)6-11(8)14/h1-6H,7H2. The van der Waals surface area contributed by atoms with Gasteiger partial charge < -0.3 is 4.57 Å². The number of halogens is 3. The second kappa shape index (κ2) is 5.02. The highest BCUT2D eigenvalue weighted by molar-refractivity contribution is 9.10. The first-order valence-corrected chi connectivity index (χ1v) is 6.04. The van der Waals surface area contributed by atoms with Gasteiger partial charge in [-0.15, -0.1) is 0 Å². The van der Waals surface area contributed by atoms with Crippen molar-refractivity contribution in [1.29, 1.82) is 0 Å². The Hall–Kier alpha value is -1.13. The van der Waals surface area contributed by atoms with E-state index in [1.807, 2.05) is 0 Å². The van der Waals surface area contributed by atoms with Crippen LogP contribution >= 0.6 is 27.5 Å². The van der Waals surface area contributed by atoms with Crippen molar-refractivity contribution < 1.29 is 4.39 Å². The van der Waals surface area contributed by atoms with Crippen LogP contribution in [0.25, 0.3) is 0 Å². The van der Waals surface area contributed by atoms with Crippen molar-refractivity contribution in [2.75, 3.05) is 0 Å². The maximum absolute atomic E-state index is 12.9. The summed E-state index contributed by atoms with van der Waals surface area (Å²) in [4.78, 5) is 11.8. The summed E-state index contributed by atoms with van der Waals surface area (Å²) >= 11 is 9.07. The Bertz CT molecular complexity index is 612. The topological polar surface area (TPSA) is 22.0 Å². The first-order valence-electron chi connectivity index (χ1n) is 4.87. The minimum atomic E-state index is -0.389. The number of hydrogen-bond donors (Lipinski definition) is 0. The van der Waals surface area contributed by atoms with Crippen molar-refractivity contribution in [3.05, 3.63) is 67.8 Å². The Morgan fingerprint density at radius 3 is 2.82 bits per heavy atom. The Balaban J connectivity index is 2.38. The summed E-state index contributed by atoms with van der Waals surface area (Å²) in [6, 6.07) is 7.56. The van der Waals surface area contributed by atoms with Crippen LogP contribution < -0.4 is 5.56 Å². The second-order valence-corrected chi connectivity index (χ2v) is 4.79. The Kier molecular flexibility index (Phi) is 3.64. The minimum Gasteiger partial charge on any atom is -0.310 e. The second-order valence-electron chi connectivity index (χ2n) is 3.52. The molecule has 0 aliphatic carbocycles. The quantitative estimate of drug-likeness (QED) is 0.832. The molecule has 0 spiro atoms. The van der Waals surface area contributed by atoms with Gasteiger partial charge in [-0.25, -0.2) is 4.39 Å². The lowest BCUT2D eigenvalue weighted by Crippen LogP contribution is -2.20. The fourth-order valence-corrected chi connectivity index (χ4v) is 2.07. The van der Waals surface area contributed by atoms with Crippen molar-refractivity contribution in [3.63, 3.8) is 0 Å². The van der Waals surface area contributed by atoms with Crippen LogP contribution in [0.5, 0.6) is 0 Å². The number of aromatic nitrogens is 1. The highest BCUT2D eigenvalue weighted by Crippen LogP contribution is 2.18. The van der Waals surface area contributed by atoms with E-state index < -0.39 is 0 Å². The molecule has 0 bridgehead atoms. The summed E-state index contributed by atoms with van der Waals surface area (Å²) in [6.45, 7) is 0.317. The number of benzene rings is 1. The first-order chi connectivity index (χ1) is 8.08. The van der Waals surface area contributed by atoms with Gasteiger partial charge in [-0.1, -0.05) is 17.7 Å². The fraction of sp³-hybridized carbons (Fsp3) is 0.0833. The molecule has 2 rings (SSSR count). The summed E-state index contributed by atoms with van der Waals surface area (Å²) < 4.78 is 14.9. The van der Waals surface area contributed by atoms with Crippen molar-refractivity contribution in [3.8, 4) is 0 Å². The molecule has 17 heavy (non-hydrogen) atoms. The van der Waals surface area contributed by atoms with E-state index in [0.29, 0.717) is 21.6 Å². The summed E-state index contributed by atoms with van der Waals surface area (Å²) in [5.41, 5.74) is 0.557. The molecular weight excluding hydrogens is 308 g/mol. The normalized spacial score (nSPS) is 10.5. The van der Waals surface area contributed by atoms with Gasteiger partial charge in [0, 0.05) is 11.2 Å². The molecule has 5 heteroatoms. The zero-order valence-electron chi connectivity index (χ0n) is 8.66. The number of nitrogens with zero attached hydrogens (tertiary/aromatic N) is 1. The third kappa shape index (κ3) is 2.76. The molecule has 0 saturated heterocycles. The van der Waals surface area contributed by atoms with Crippen LogP contribution in [0.1, 0.15) is 5.56 Å². The summed E-state index contributed by atoms with van der Waals surface area (Å²) in [7, 11) is 0. The predicted molar refractivity (Wildman–Crippen MR) is 68.9 cm³/mol. The monoisotopic (exact) mass is 315 g/mol. The van der Waals surface area contributed by atoms with E-state index in [0.717, 1.165) is 0 Å². The van der Waals surface area contributed by atoms with Crippen molar-refractivity contribution in [2.45, 2.75) is 6.54 Å². The van der Waals surface area contributed by atoms with Gasteiger partial charge in [-0.2, -0.15) is 0 Å². The zero-order chi connectivity index (χ0) is 12.4. The Morgan fingerprint density at radius 1 is 1.35 bits per heavy atom. The van der Waals surface area contributed by atoms with Gasteiger partial charge in [0.2, 0.25) is 0 Å². The molecule has 1 aromatic heterocycles. The smallest absolute Gasteiger partial charge is 0.265 e. The highest BCUT2D eigenvalue weighted by atomic mass is 79.9. The molecule has 0 N–H and O–H groups in total. The van der Waals surface area contributed by atoms with Gasteiger partial charge in [-0.3, -0.25) is 4.79 Å². The molecule has 1 heterocycles. The fourth-order valence-electron chi connectivity index (χ4n) is 1.47. The van der Waals surface area contributed by atoms with Crippen LogP contribution in [-0.2, 0) is 6.54 Å². The van der Waals surface area contributed by atoms with Crippen LogP contribution in [0, 0.1) is 5.82 Å². The Morgan fingerprint density at radius 2 is 2.12 bits per heavy atom. The van der Waals surface area contributed by atoms with Gasteiger partial charge in [0.15, 0.2) is 0 Å². The number of pyridine rings is 1. The van der Waals surface area contributed by atoms with E-state index in [2.05, 4.69) is 15.9 Å². The molecule has 0 aliphatic rings. The molecule has 0 unspecified atom stereocenters. The molecule has 0 aliphatic heterocycles. The van der Waals surface area contributed by atoms with Gasteiger partial charge in [-0.05, 0) is 45.8 Å². The van der Waals surface area contributed by atoms with Crippen LogP contribution in [0.2, 0.25) is 5.02 Å². The van der Waals surface area contributed by atoms with E-state index in [4.69, 9.17) is 11.6 Å². The van der Waals surface area contributed by atoms with E-state index >= 15 is 0 Å². The van der Waals surface area contributed by atoms with Crippen molar-refractivity contribution in [2.24, 2.45) is 0 Å². The molecule has 1 aromatic carbocycles. The largest absolute Gasteiger partial charge is 0.310 e. The van der Waals surface area contributed by atoms with E-state index in [1.54, 1.807) is 24.4 Å². The summed E-state index contributed by atoms with van der Waals surface area (Å²) in [5, 5.41) is 0.317. The Labute approximate surface area is 111 Å². The molecule has 0 atom stereocenters. The molecule has 0 saturated carbocycles. The van der Waals surface area contributed by atoms with E-state index in [9.17, 15) is 9.18 Å². The number of hydrogen-bond acceptors (Lipinski definition) is 1. The average molecular weight is 317 g/mol. The van der Waals surface area contributed by atoms with Crippen LogP contribution in [0.15, 0.2) is 45.8 Å². The molecule has 88 valence electrons. The van der Waals surface area contributed by atoms with Gasteiger partial charge in [0.05, 0.1) is 11.0 Å². The summed E-state index contributed by atoms with van der Waals surface area (Å²) in [6.07, 6.45) is 1.66.